The summed E-state index contributed by atoms with van der Waals surface area (Å²) in [7, 11) is 0. The molecular formula is C19H25N3O3. The fraction of sp³-hybridized carbons (Fsp3) is 0.579. The number of ether oxygens (including phenoxy) is 2. The highest BCUT2D eigenvalue weighted by Gasteiger charge is 2.37. The molecule has 1 atom stereocenters. The van der Waals surface area contributed by atoms with Crippen molar-refractivity contribution in [2.75, 3.05) is 26.4 Å². The van der Waals surface area contributed by atoms with Gasteiger partial charge < -0.3 is 19.8 Å². The van der Waals surface area contributed by atoms with E-state index in [9.17, 15) is 4.79 Å². The van der Waals surface area contributed by atoms with Gasteiger partial charge in [-0.05, 0) is 43.2 Å². The lowest BCUT2D eigenvalue weighted by molar-refractivity contribution is -0.124. The topological polar surface area (TPSA) is 76.2 Å². The SMILES string of the molecule is O=C(Cc1c[nH]c2cccnc12)NCC1CCC2(CCOCC2)CO1. The van der Waals surface area contributed by atoms with Gasteiger partial charge in [-0.2, -0.15) is 0 Å². The van der Waals surface area contributed by atoms with Crippen molar-refractivity contribution in [1.29, 1.82) is 0 Å². The molecule has 6 heteroatoms. The summed E-state index contributed by atoms with van der Waals surface area (Å²) < 4.78 is 11.5. The number of hydrogen-bond acceptors (Lipinski definition) is 4. The summed E-state index contributed by atoms with van der Waals surface area (Å²) in [5.74, 6) is 0.0153. The summed E-state index contributed by atoms with van der Waals surface area (Å²) in [5.41, 5.74) is 3.07. The van der Waals surface area contributed by atoms with Crippen LogP contribution in [0.1, 0.15) is 31.2 Å². The van der Waals surface area contributed by atoms with E-state index in [1.54, 1.807) is 6.20 Å². The van der Waals surface area contributed by atoms with Crippen LogP contribution in [0.4, 0.5) is 0 Å². The van der Waals surface area contributed by atoms with Crippen LogP contribution < -0.4 is 5.32 Å². The lowest BCUT2D eigenvalue weighted by atomic mass is 9.75. The zero-order chi connectivity index (χ0) is 17.1. The van der Waals surface area contributed by atoms with E-state index in [0.29, 0.717) is 18.4 Å². The first-order chi connectivity index (χ1) is 12.2. The fourth-order valence-electron chi connectivity index (χ4n) is 3.89. The van der Waals surface area contributed by atoms with Crippen LogP contribution in [-0.4, -0.2) is 48.3 Å². The molecule has 134 valence electrons. The monoisotopic (exact) mass is 343 g/mol. The van der Waals surface area contributed by atoms with Crippen LogP contribution in [0.3, 0.4) is 0 Å². The zero-order valence-corrected chi connectivity index (χ0v) is 14.4. The first-order valence-electron chi connectivity index (χ1n) is 9.11. The van der Waals surface area contributed by atoms with Crippen LogP contribution in [0.15, 0.2) is 24.5 Å². The van der Waals surface area contributed by atoms with E-state index < -0.39 is 0 Å². The van der Waals surface area contributed by atoms with E-state index in [4.69, 9.17) is 9.47 Å². The minimum Gasteiger partial charge on any atom is -0.381 e. The Bertz CT molecular complexity index is 726. The number of carbonyl (C=O) groups is 1. The molecule has 6 nitrogen and oxygen atoms in total. The lowest BCUT2D eigenvalue weighted by Gasteiger charge is -2.42. The quantitative estimate of drug-likeness (QED) is 0.892. The molecule has 4 heterocycles. The van der Waals surface area contributed by atoms with Crippen LogP contribution in [0.5, 0.6) is 0 Å². The molecule has 0 aliphatic carbocycles. The van der Waals surface area contributed by atoms with E-state index in [0.717, 1.165) is 55.7 Å². The van der Waals surface area contributed by atoms with Crippen molar-refractivity contribution in [2.24, 2.45) is 5.41 Å². The highest BCUT2D eigenvalue weighted by Crippen LogP contribution is 2.39. The molecular weight excluding hydrogens is 318 g/mol. The third-order valence-corrected chi connectivity index (χ3v) is 5.57. The zero-order valence-electron chi connectivity index (χ0n) is 14.4. The van der Waals surface area contributed by atoms with E-state index >= 15 is 0 Å². The number of nitrogens with one attached hydrogen (secondary N) is 2. The molecule has 2 aliphatic rings. The Morgan fingerprint density at radius 1 is 1.36 bits per heavy atom. The van der Waals surface area contributed by atoms with Gasteiger partial charge in [-0.25, -0.2) is 0 Å². The summed E-state index contributed by atoms with van der Waals surface area (Å²) in [4.78, 5) is 19.8. The van der Waals surface area contributed by atoms with E-state index in [1.165, 1.54) is 6.42 Å². The van der Waals surface area contributed by atoms with E-state index in [1.807, 2.05) is 18.3 Å². The number of amides is 1. The Balaban J connectivity index is 1.25. The Labute approximate surface area is 147 Å². The fourth-order valence-corrected chi connectivity index (χ4v) is 3.89. The molecule has 2 aliphatic heterocycles. The largest absolute Gasteiger partial charge is 0.381 e. The molecule has 25 heavy (non-hydrogen) atoms. The first-order valence-corrected chi connectivity index (χ1v) is 9.11. The van der Waals surface area contributed by atoms with Crippen molar-refractivity contribution in [3.8, 4) is 0 Å². The summed E-state index contributed by atoms with van der Waals surface area (Å²) in [6.45, 7) is 3.08. The summed E-state index contributed by atoms with van der Waals surface area (Å²) in [6, 6.07) is 3.85. The highest BCUT2D eigenvalue weighted by molar-refractivity contribution is 5.86. The predicted molar refractivity (Wildman–Crippen MR) is 94.3 cm³/mol. The number of hydrogen-bond donors (Lipinski definition) is 2. The standard InChI is InChI=1S/C19H25N3O3/c23-17(10-14-11-21-16-2-1-7-20-18(14)16)22-12-15-3-4-19(13-25-15)5-8-24-9-6-19/h1-2,7,11,15,21H,3-6,8-10,12-13H2,(H,22,23). The van der Waals surface area contributed by atoms with Crippen LogP contribution in [0.25, 0.3) is 11.0 Å². The Morgan fingerprint density at radius 3 is 3.04 bits per heavy atom. The number of fused-ring (bicyclic) bond motifs is 1. The number of carbonyl (C=O) groups excluding carboxylic acids is 1. The van der Waals surface area contributed by atoms with E-state index in [2.05, 4.69) is 15.3 Å². The molecule has 1 amide bonds. The number of H-pyrrole nitrogens is 1. The molecule has 2 fully saturated rings. The van der Waals surface area contributed by atoms with Gasteiger partial charge >= 0.3 is 0 Å². The maximum Gasteiger partial charge on any atom is 0.224 e. The smallest absolute Gasteiger partial charge is 0.224 e. The molecule has 2 N–H and O–H groups in total. The molecule has 0 saturated carbocycles. The summed E-state index contributed by atoms with van der Waals surface area (Å²) in [6.07, 6.45) is 8.45. The molecule has 2 aromatic heterocycles. The third-order valence-electron chi connectivity index (χ3n) is 5.57. The Hall–Kier alpha value is -1.92. The van der Waals surface area contributed by atoms with Crippen molar-refractivity contribution >= 4 is 16.9 Å². The van der Waals surface area contributed by atoms with Crippen LogP contribution in [-0.2, 0) is 20.7 Å². The average Bonchev–Trinajstić information content (AvgIpc) is 3.05. The van der Waals surface area contributed by atoms with Crippen LogP contribution in [0.2, 0.25) is 0 Å². The van der Waals surface area contributed by atoms with Gasteiger partial charge in [0, 0.05) is 37.7 Å². The highest BCUT2D eigenvalue weighted by atomic mass is 16.5. The van der Waals surface area contributed by atoms with Gasteiger partial charge in [0.15, 0.2) is 0 Å². The number of rotatable bonds is 4. The van der Waals surface area contributed by atoms with Crippen LogP contribution in [0, 0.1) is 5.41 Å². The summed E-state index contributed by atoms with van der Waals surface area (Å²) in [5, 5.41) is 3.02. The Morgan fingerprint density at radius 2 is 2.24 bits per heavy atom. The van der Waals surface area contributed by atoms with E-state index in [-0.39, 0.29) is 12.0 Å². The van der Waals surface area contributed by atoms with Gasteiger partial charge in [0.25, 0.3) is 0 Å². The predicted octanol–water partition coefficient (Wildman–Crippen LogP) is 2.20. The number of pyridine rings is 1. The molecule has 1 unspecified atom stereocenters. The van der Waals surface area contributed by atoms with Crippen molar-refractivity contribution in [2.45, 2.75) is 38.2 Å². The van der Waals surface area contributed by atoms with Gasteiger partial charge in [-0.3, -0.25) is 9.78 Å². The number of aromatic amines is 1. The second-order valence-corrected chi connectivity index (χ2v) is 7.28. The maximum absolute atomic E-state index is 12.3. The molecule has 2 saturated heterocycles. The number of aromatic nitrogens is 2. The van der Waals surface area contributed by atoms with Gasteiger partial charge in [-0.15, -0.1) is 0 Å². The van der Waals surface area contributed by atoms with Crippen molar-refractivity contribution in [3.05, 3.63) is 30.1 Å². The minimum absolute atomic E-state index is 0.0153. The molecule has 0 aromatic carbocycles. The van der Waals surface area contributed by atoms with Gasteiger partial charge in [-0.1, -0.05) is 0 Å². The van der Waals surface area contributed by atoms with Crippen molar-refractivity contribution < 1.29 is 14.3 Å². The Kier molecular flexibility index (Phi) is 4.72. The molecule has 0 radical (unpaired) electrons. The van der Waals surface area contributed by atoms with Crippen LogP contribution >= 0.6 is 0 Å². The lowest BCUT2D eigenvalue weighted by Crippen LogP contribution is -2.44. The molecule has 0 bridgehead atoms. The summed E-state index contributed by atoms with van der Waals surface area (Å²) >= 11 is 0. The molecule has 4 rings (SSSR count). The first kappa shape index (κ1) is 16.5. The second-order valence-electron chi connectivity index (χ2n) is 7.28. The molecule has 1 spiro atoms. The van der Waals surface area contributed by atoms with Crippen molar-refractivity contribution in [3.63, 3.8) is 0 Å². The normalized spacial score (nSPS) is 23.0. The van der Waals surface area contributed by atoms with Gasteiger partial charge in [0.2, 0.25) is 5.91 Å². The minimum atomic E-state index is 0.0153. The second kappa shape index (κ2) is 7.14. The average molecular weight is 343 g/mol. The third kappa shape index (κ3) is 3.70. The van der Waals surface area contributed by atoms with Gasteiger partial charge in [0.05, 0.1) is 30.2 Å². The maximum atomic E-state index is 12.3. The van der Waals surface area contributed by atoms with Crippen molar-refractivity contribution in [1.82, 2.24) is 15.3 Å². The number of nitrogens with zero attached hydrogens (tertiary/aromatic N) is 1. The van der Waals surface area contributed by atoms with Gasteiger partial charge in [0.1, 0.15) is 0 Å². The molecule has 2 aromatic rings.